The van der Waals surface area contributed by atoms with E-state index in [0.29, 0.717) is 0 Å². The number of hydrogen-bond donors (Lipinski definition) is 1. The number of aliphatic imine (C=N–C) groups is 1. The Labute approximate surface area is 137 Å². The smallest absolute Gasteiger partial charge is 0.254 e. The standard InChI is InChI=1S/C19H37N2O/c1-3-4-5-6-7-8-9-10-11-12-13-16-21-17-15-20-19(21,2)14-18-22/h15,17,22H,3-14,16,18H2,1-2H3/q+1. The molecule has 0 saturated carbocycles. The highest BCUT2D eigenvalue weighted by Crippen LogP contribution is 2.19. The third-order valence-corrected chi connectivity index (χ3v) is 4.81. The van der Waals surface area contributed by atoms with Crippen LogP contribution >= 0.6 is 0 Å². The summed E-state index contributed by atoms with van der Waals surface area (Å²) in [6.45, 7) is 5.66. The van der Waals surface area contributed by atoms with Crippen LogP contribution in [0.25, 0.3) is 0 Å². The SMILES string of the molecule is CCCCCCCCCCCCC[N+]1=CC=NC1(C)CCO. The molecule has 3 nitrogen and oxygen atoms in total. The van der Waals surface area contributed by atoms with E-state index in [1.807, 2.05) is 6.21 Å². The van der Waals surface area contributed by atoms with Crippen LogP contribution in [-0.4, -0.2) is 40.9 Å². The molecular formula is C19H37N2O+. The lowest BCUT2D eigenvalue weighted by Crippen LogP contribution is -2.36. The Morgan fingerprint density at radius 1 is 0.909 bits per heavy atom. The number of aliphatic hydroxyl groups excluding tert-OH is 1. The van der Waals surface area contributed by atoms with Gasteiger partial charge in [-0.3, -0.25) is 0 Å². The predicted molar refractivity (Wildman–Crippen MR) is 96.3 cm³/mol. The number of nitrogens with zero attached hydrogens (tertiary/aromatic N) is 2. The molecule has 3 heteroatoms. The summed E-state index contributed by atoms with van der Waals surface area (Å²) < 4.78 is 2.29. The van der Waals surface area contributed by atoms with E-state index >= 15 is 0 Å². The van der Waals surface area contributed by atoms with Crippen molar-refractivity contribution in [3.8, 4) is 0 Å². The van der Waals surface area contributed by atoms with Crippen LogP contribution in [0.15, 0.2) is 4.99 Å². The Kier molecular flexibility index (Phi) is 10.4. The van der Waals surface area contributed by atoms with Gasteiger partial charge in [0.2, 0.25) is 0 Å². The number of hydrogen-bond acceptors (Lipinski definition) is 2. The van der Waals surface area contributed by atoms with E-state index in [4.69, 9.17) is 5.11 Å². The van der Waals surface area contributed by atoms with E-state index in [0.717, 1.165) is 13.0 Å². The maximum absolute atomic E-state index is 9.16. The summed E-state index contributed by atoms with van der Waals surface area (Å²) in [5.74, 6) is 0. The second kappa shape index (κ2) is 11.8. The van der Waals surface area contributed by atoms with Crippen LogP contribution < -0.4 is 0 Å². The molecule has 0 spiro atoms. The molecule has 0 aromatic carbocycles. The first-order chi connectivity index (χ1) is 10.7. The van der Waals surface area contributed by atoms with Gasteiger partial charge in [-0.1, -0.05) is 64.7 Å². The fourth-order valence-corrected chi connectivity index (χ4v) is 3.19. The van der Waals surface area contributed by atoms with Crippen LogP contribution in [0.5, 0.6) is 0 Å². The van der Waals surface area contributed by atoms with Crippen molar-refractivity contribution in [2.24, 2.45) is 4.99 Å². The molecule has 0 saturated heterocycles. The molecule has 1 unspecified atom stereocenters. The summed E-state index contributed by atoms with van der Waals surface area (Å²) in [5, 5.41) is 9.16. The maximum atomic E-state index is 9.16. The van der Waals surface area contributed by atoms with Crippen molar-refractivity contribution in [2.45, 2.75) is 96.6 Å². The van der Waals surface area contributed by atoms with E-state index in [1.54, 1.807) is 0 Å². The maximum Gasteiger partial charge on any atom is 0.254 e. The molecule has 0 aromatic rings. The molecule has 0 amide bonds. The fraction of sp³-hybridized carbons (Fsp3) is 0.895. The monoisotopic (exact) mass is 309 g/mol. The topological polar surface area (TPSA) is 35.6 Å². The van der Waals surface area contributed by atoms with Crippen LogP contribution in [0.3, 0.4) is 0 Å². The summed E-state index contributed by atoms with van der Waals surface area (Å²) in [5.41, 5.74) is -0.201. The van der Waals surface area contributed by atoms with Gasteiger partial charge < -0.3 is 5.11 Å². The van der Waals surface area contributed by atoms with Gasteiger partial charge in [0, 0.05) is 13.3 Å². The highest BCUT2D eigenvalue weighted by atomic mass is 16.3. The summed E-state index contributed by atoms with van der Waals surface area (Å²) in [6.07, 6.45) is 19.9. The average molecular weight is 310 g/mol. The van der Waals surface area contributed by atoms with Gasteiger partial charge in [-0.05, 0) is 6.42 Å². The summed E-state index contributed by atoms with van der Waals surface area (Å²) in [4.78, 5) is 4.49. The molecule has 1 aliphatic rings. The predicted octanol–water partition coefficient (Wildman–Crippen LogP) is 4.56. The van der Waals surface area contributed by atoms with Gasteiger partial charge in [-0.2, -0.15) is 0 Å². The molecular weight excluding hydrogens is 272 g/mol. The molecule has 1 atom stereocenters. The van der Waals surface area contributed by atoms with E-state index in [-0.39, 0.29) is 12.3 Å². The van der Waals surface area contributed by atoms with Crippen molar-refractivity contribution in [1.82, 2.24) is 0 Å². The summed E-state index contributed by atoms with van der Waals surface area (Å²) in [6, 6.07) is 0. The first kappa shape index (κ1) is 19.3. The van der Waals surface area contributed by atoms with Crippen molar-refractivity contribution < 1.29 is 9.68 Å². The van der Waals surface area contributed by atoms with E-state index in [9.17, 15) is 0 Å². The molecule has 0 aliphatic carbocycles. The molecule has 1 aliphatic heterocycles. The molecule has 0 radical (unpaired) electrons. The average Bonchev–Trinajstić information content (AvgIpc) is 2.86. The molecule has 0 bridgehead atoms. The Bertz CT molecular complexity index is 338. The number of aliphatic hydroxyl groups is 1. The van der Waals surface area contributed by atoms with Gasteiger partial charge in [0.25, 0.3) is 5.66 Å². The highest BCUT2D eigenvalue weighted by molar-refractivity contribution is 6.14. The second-order valence-corrected chi connectivity index (χ2v) is 6.85. The molecule has 1 N–H and O–H groups in total. The van der Waals surface area contributed by atoms with Crippen LogP contribution in [0.2, 0.25) is 0 Å². The van der Waals surface area contributed by atoms with Gasteiger partial charge in [0.15, 0.2) is 6.21 Å². The minimum absolute atomic E-state index is 0.201. The first-order valence-corrected chi connectivity index (χ1v) is 9.49. The first-order valence-electron chi connectivity index (χ1n) is 9.49. The lowest BCUT2D eigenvalue weighted by molar-refractivity contribution is -0.596. The van der Waals surface area contributed by atoms with Gasteiger partial charge in [0.1, 0.15) is 6.54 Å². The minimum Gasteiger partial charge on any atom is -0.396 e. The molecule has 22 heavy (non-hydrogen) atoms. The largest absolute Gasteiger partial charge is 0.396 e. The van der Waals surface area contributed by atoms with E-state index < -0.39 is 0 Å². The van der Waals surface area contributed by atoms with Crippen LogP contribution in [0.1, 0.15) is 90.9 Å². The normalized spacial score (nSPS) is 20.6. The minimum atomic E-state index is -0.201. The van der Waals surface area contributed by atoms with Crippen LogP contribution in [0.4, 0.5) is 0 Å². The summed E-state index contributed by atoms with van der Waals surface area (Å²) >= 11 is 0. The third kappa shape index (κ3) is 7.53. The quantitative estimate of drug-likeness (QED) is 0.370. The Morgan fingerprint density at radius 2 is 1.45 bits per heavy atom. The molecule has 1 rings (SSSR count). The lowest BCUT2D eigenvalue weighted by Gasteiger charge is -2.18. The Morgan fingerprint density at radius 3 is 2.00 bits per heavy atom. The Balaban J connectivity index is 1.94. The van der Waals surface area contributed by atoms with E-state index in [2.05, 4.69) is 29.6 Å². The fourth-order valence-electron chi connectivity index (χ4n) is 3.19. The third-order valence-electron chi connectivity index (χ3n) is 4.81. The van der Waals surface area contributed by atoms with Crippen molar-refractivity contribution in [3.63, 3.8) is 0 Å². The van der Waals surface area contributed by atoms with Gasteiger partial charge >= 0.3 is 0 Å². The zero-order valence-electron chi connectivity index (χ0n) is 14.9. The molecule has 0 fully saturated rings. The second-order valence-electron chi connectivity index (χ2n) is 6.85. The van der Waals surface area contributed by atoms with Crippen LogP contribution in [0, 0.1) is 0 Å². The molecule has 128 valence electrons. The Hall–Kier alpha value is -0.700. The molecule has 0 aromatic heterocycles. The van der Waals surface area contributed by atoms with Crippen LogP contribution in [-0.2, 0) is 0 Å². The van der Waals surface area contributed by atoms with Gasteiger partial charge in [-0.25, -0.2) is 9.57 Å². The summed E-state index contributed by atoms with van der Waals surface area (Å²) in [7, 11) is 0. The highest BCUT2D eigenvalue weighted by Gasteiger charge is 2.36. The van der Waals surface area contributed by atoms with Crippen molar-refractivity contribution in [1.29, 1.82) is 0 Å². The lowest BCUT2D eigenvalue weighted by atomic mass is 10.1. The zero-order chi connectivity index (χ0) is 16.1. The van der Waals surface area contributed by atoms with E-state index in [1.165, 1.54) is 70.6 Å². The van der Waals surface area contributed by atoms with Crippen molar-refractivity contribution in [3.05, 3.63) is 0 Å². The van der Waals surface area contributed by atoms with Crippen molar-refractivity contribution >= 4 is 12.4 Å². The number of unbranched alkanes of at least 4 members (excludes halogenated alkanes) is 10. The van der Waals surface area contributed by atoms with Gasteiger partial charge in [0.05, 0.1) is 19.2 Å². The zero-order valence-corrected chi connectivity index (χ0v) is 14.9. The van der Waals surface area contributed by atoms with Crippen molar-refractivity contribution in [2.75, 3.05) is 13.2 Å². The molecule has 1 heterocycles. The van der Waals surface area contributed by atoms with Gasteiger partial charge in [-0.15, -0.1) is 0 Å². The number of rotatable bonds is 14.